The maximum atomic E-state index is 13.1. The molecule has 0 radical (unpaired) electrons. The van der Waals surface area contributed by atoms with E-state index >= 15 is 0 Å². The van der Waals surface area contributed by atoms with E-state index < -0.39 is 18.3 Å². The van der Waals surface area contributed by atoms with Crippen LogP contribution < -0.4 is 5.32 Å². The maximum absolute atomic E-state index is 13.1. The zero-order valence-corrected chi connectivity index (χ0v) is 14.5. The molecular formula is C20H20F3N3O. The summed E-state index contributed by atoms with van der Waals surface area (Å²) in [5, 5.41) is 12.6. The zero-order valence-electron chi connectivity index (χ0n) is 14.5. The number of halogens is 3. The Kier molecular flexibility index (Phi) is 5.93. The Labute approximate surface area is 155 Å². The molecule has 1 atom stereocenters. The molecule has 0 bridgehead atoms. The largest absolute Gasteiger partial charge is 0.416 e. The molecule has 0 aliphatic heterocycles. The number of imidazole rings is 1. The van der Waals surface area contributed by atoms with Gasteiger partial charge in [-0.3, -0.25) is 0 Å². The fraction of sp³-hybridized carbons (Fsp3) is 0.250. The average molecular weight is 375 g/mol. The first-order valence-electron chi connectivity index (χ1n) is 8.50. The number of aromatic nitrogens is 2. The number of nitrogens with zero attached hydrogens (tertiary/aromatic N) is 2. The average Bonchev–Trinajstić information content (AvgIpc) is 3.18. The highest BCUT2D eigenvalue weighted by molar-refractivity contribution is 5.32. The molecule has 3 aromatic rings. The molecule has 1 aromatic heterocycles. The molecule has 142 valence electrons. The van der Waals surface area contributed by atoms with Crippen LogP contribution in [0.5, 0.6) is 0 Å². The van der Waals surface area contributed by atoms with E-state index in [-0.39, 0.29) is 18.2 Å². The number of rotatable bonds is 7. The molecule has 2 aromatic carbocycles. The maximum Gasteiger partial charge on any atom is 0.416 e. The van der Waals surface area contributed by atoms with Gasteiger partial charge in [-0.2, -0.15) is 13.2 Å². The van der Waals surface area contributed by atoms with Gasteiger partial charge in [0.1, 0.15) is 0 Å². The number of hydrogen-bond acceptors (Lipinski definition) is 3. The van der Waals surface area contributed by atoms with Crippen LogP contribution in [0.15, 0.2) is 67.3 Å². The standard InChI is InChI=1S/C20H20F3N3O/c21-20(22,23)18-9-15(8-16(10-18)13-27)11-25-19(12-26-7-6-24-14-26)17-4-2-1-3-5-17/h1-10,14,19,25,27H,11-13H2. The molecule has 27 heavy (non-hydrogen) atoms. The van der Waals surface area contributed by atoms with Crippen molar-refractivity contribution in [2.75, 3.05) is 0 Å². The predicted molar refractivity (Wildman–Crippen MR) is 95.6 cm³/mol. The molecule has 0 amide bonds. The van der Waals surface area contributed by atoms with Gasteiger partial charge in [0.25, 0.3) is 0 Å². The quantitative estimate of drug-likeness (QED) is 0.658. The first kappa shape index (κ1) is 19.1. The third kappa shape index (κ3) is 5.18. The van der Waals surface area contributed by atoms with Crippen molar-refractivity contribution in [3.05, 3.63) is 89.5 Å². The molecule has 2 N–H and O–H groups in total. The predicted octanol–water partition coefficient (Wildman–Crippen LogP) is 3.93. The molecule has 1 unspecified atom stereocenters. The highest BCUT2D eigenvalue weighted by Crippen LogP contribution is 2.31. The Bertz CT molecular complexity index is 849. The fourth-order valence-electron chi connectivity index (χ4n) is 2.94. The van der Waals surface area contributed by atoms with E-state index in [1.165, 1.54) is 0 Å². The third-order valence-corrected chi connectivity index (χ3v) is 4.27. The first-order valence-corrected chi connectivity index (χ1v) is 8.50. The van der Waals surface area contributed by atoms with Gasteiger partial charge in [-0.25, -0.2) is 4.98 Å². The first-order chi connectivity index (χ1) is 13.0. The van der Waals surface area contributed by atoms with Crippen molar-refractivity contribution >= 4 is 0 Å². The summed E-state index contributed by atoms with van der Waals surface area (Å²) in [6.45, 7) is 0.398. The van der Waals surface area contributed by atoms with Crippen LogP contribution in [0.1, 0.15) is 28.3 Å². The summed E-state index contributed by atoms with van der Waals surface area (Å²) in [5.41, 5.74) is 0.991. The second-order valence-corrected chi connectivity index (χ2v) is 6.30. The Hall–Kier alpha value is -2.64. The minimum Gasteiger partial charge on any atom is -0.392 e. The summed E-state index contributed by atoms with van der Waals surface area (Å²) < 4.78 is 41.2. The fourth-order valence-corrected chi connectivity index (χ4v) is 2.94. The lowest BCUT2D eigenvalue weighted by molar-refractivity contribution is -0.137. The Morgan fingerprint density at radius 3 is 2.44 bits per heavy atom. The summed E-state index contributed by atoms with van der Waals surface area (Å²) in [7, 11) is 0. The molecule has 3 rings (SSSR count). The summed E-state index contributed by atoms with van der Waals surface area (Å²) in [6.07, 6.45) is 0.773. The van der Waals surface area contributed by atoms with E-state index in [2.05, 4.69) is 10.3 Å². The van der Waals surface area contributed by atoms with Crippen LogP contribution in [0.2, 0.25) is 0 Å². The Morgan fingerprint density at radius 1 is 1.07 bits per heavy atom. The number of aliphatic hydroxyl groups is 1. The molecule has 0 aliphatic carbocycles. The third-order valence-electron chi connectivity index (χ3n) is 4.27. The molecular weight excluding hydrogens is 355 g/mol. The summed E-state index contributed by atoms with van der Waals surface area (Å²) in [5.74, 6) is 0. The van der Waals surface area contributed by atoms with Gasteiger partial charge >= 0.3 is 6.18 Å². The minimum atomic E-state index is -4.45. The van der Waals surface area contributed by atoms with Gasteiger partial charge in [-0.05, 0) is 28.8 Å². The summed E-state index contributed by atoms with van der Waals surface area (Å²) >= 11 is 0. The lowest BCUT2D eigenvalue weighted by Crippen LogP contribution is -2.25. The van der Waals surface area contributed by atoms with Crippen LogP contribution in [0, 0.1) is 0 Å². The van der Waals surface area contributed by atoms with Crippen LogP contribution in [0.3, 0.4) is 0 Å². The number of alkyl halides is 3. The van der Waals surface area contributed by atoms with E-state index in [4.69, 9.17) is 0 Å². The highest BCUT2D eigenvalue weighted by atomic mass is 19.4. The van der Waals surface area contributed by atoms with Gasteiger partial charge in [0.2, 0.25) is 0 Å². The molecule has 0 spiro atoms. The summed E-state index contributed by atoms with van der Waals surface area (Å²) in [4.78, 5) is 4.03. The molecule has 1 heterocycles. The lowest BCUT2D eigenvalue weighted by atomic mass is 10.0. The highest BCUT2D eigenvalue weighted by Gasteiger charge is 2.31. The lowest BCUT2D eigenvalue weighted by Gasteiger charge is -2.20. The van der Waals surface area contributed by atoms with Crippen molar-refractivity contribution in [1.82, 2.24) is 14.9 Å². The smallest absolute Gasteiger partial charge is 0.392 e. The zero-order chi connectivity index (χ0) is 19.3. The van der Waals surface area contributed by atoms with Gasteiger partial charge < -0.3 is 15.0 Å². The van der Waals surface area contributed by atoms with E-state index in [0.717, 1.165) is 17.7 Å². The molecule has 4 nitrogen and oxygen atoms in total. The van der Waals surface area contributed by atoms with Crippen LogP contribution in [-0.2, 0) is 25.9 Å². The van der Waals surface area contributed by atoms with Gasteiger partial charge in [-0.15, -0.1) is 0 Å². The normalized spacial score (nSPS) is 12.9. The van der Waals surface area contributed by atoms with Crippen LogP contribution >= 0.6 is 0 Å². The number of nitrogens with one attached hydrogen (secondary N) is 1. The van der Waals surface area contributed by atoms with Crippen LogP contribution in [0.4, 0.5) is 13.2 Å². The van der Waals surface area contributed by atoms with Crippen LogP contribution in [-0.4, -0.2) is 14.7 Å². The van der Waals surface area contributed by atoms with Crippen molar-refractivity contribution in [2.45, 2.75) is 31.9 Å². The Morgan fingerprint density at radius 2 is 1.81 bits per heavy atom. The van der Waals surface area contributed by atoms with Gasteiger partial charge in [0.05, 0.1) is 24.5 Å². The van der Waals surface area contributed by atoms with Crippen LogP contribution in [0.25, 0.3) is 0 Å². The molecule has 7 heteroatoms. The van der Waals surface area contributed by atoms with E-state index in [1.54, 1.807) is 18.6 Å². The van der Waals surface area contributed by atoms with Crippen molar-refractivity contribution in [3.8, 4) is 0 Å². The monoisotopic (exact) mass is 375 g/mol. The number of benzene rings is 2. The topological polar surface area (TPSA) is 50.1 Å². The second-order valence-electron chi connectivity index (χ2n) is 6.30. The van der Waals surface area contributed by atoms with E-state index in [1.807, 2.05) is 41.1 Å². The van der Waals surface area contributed by atoms with Gasteiger partial charge in [0.15, 0.2) is 0 Å². The molecule has 0 aliphatic rings. The Balaban J connectivity index is 1.81. The van der Waals surface area contributed by atoms with Crippen molar-refractivity contribution in [2.24, 2.45) is 0 Å². The van der Waals surface area contributed by atoms with E-state index in [0.29, 0.717) is 12.1 Å². The minimum absolute atomic E-state index is 0.104. The second kappa shape index (κ2) is 8.37. The molecule has 0 saturated heterocycles. The van der Waals surface area contributed by atoms with E-state index in [9.17, 15) is 18.3 Å². The van der Waals surface area contributed by atoms with Crippen molar-refractivity contribution in [3.63, 3.8) is 0 Å². The molecule has 0 fully saturated rings. The van der Waals surface area contributed by atoms with Gasteiger partial charge in [-0.1, -0.05) is 36.4 Å². The SMILES string of the molecule is OCc1cc(CNC(Cn2ccnc2)c2ccccc2)cc(C(F)(F)F)c1. The number of aliphatic hydroxyl groups excluding tert-OH is 1. The van der Waals surface area contributed by atoms with Gasteiger partial charge in [0, 0.05) is 25.5 Å². The van der Waals surface area contributed by atoms with Crippen molar-refractivity contribution in [1.29, 1.82) is 0 Å². The molecule has 0 saturated carbocycles. The number of hydrogen-bond donors (Lipinski definition) is 2. The summed E-state index contributed by atoms with van der Waals surface area (Å²) in [6, 6.07) is 13.3. The van der Waals surface area contributed by atoms with Crippen molar-refractivity contribution < 1.29 is 18.3 Å².